The van der Waals surface area contributed by atoms with Crippen molar-refractivity contribution in [2.24, 2.45) is 0 Å². The van der Waals surface area contributed by atoms with E-state index in [-0.39, 0.29) is 0 Å². The van der Waals surface area contributed by atoms with Crippen molar-refractivity contribution >= 4 is 28.5 Å². The van der Waals surface area contributed by atoms with Gasteiger partial charge in [0, 0.05) is 0 Å². The smallest absolute Gasteiger partial charge is 0.261 e. The van der Waals surface area contributed by atoms with Gasteiger partial charge in [-0.1, -0.05) is 16.8 Å². The Morgan fingerprint density at radius 2 is 2.27 bits per heavy atom. The van der Waals surface area contributed by atoms with Gasteiger partial charge in [0.2, 0.25) is 0 Å². The highest BCUT2D eigenvalue weighted by Gasteiger charge is 2.04. The maximum absolute atomic E-state index is 5.59. The molecule has 0 saturated carbocycles. The third-order valence-corrected chi connectivity index (χ3v) is 1.54. The molecule has 0 saturated heterocycles. The Balaban J connectivity index is 2.86. The van der Waals surface area contributed by atoms with Gasteiger partial charge < -0.3 is 10.3 Å². The minimum atomic E-state index is 0.337. The van der Waals surface area contributed by atoms with Gasteiger partial charge in [-0.15, -0.1) is 0 Å². The van der Waals surface area contributed by atoms with Crippen LogP contribution in [0.1, 0.15) is 0 Å². The molecule has 4 nitrogen and oxygen atoms in total. The summed E-state index contributed by atoms with van der Waals surface area (Å²) in [7, 11) is 0. The predicted molar refractivity (Wildman–Crippen MR) is 41.2 cm³/mol. The Kier molecular flexibility index (Phi) is 1.22. The van der Waals surface area contributed by atoms with Gasteiger partial charge in [0.05, 0.1) is 5.39 Å². The molecule has 0 atom stereocenters. The van der Waals surface area contributed by atoms with Crippen molar-refractivity contribution in [2.45, 2.75) is 0 Å². The van der Waals surface area contributed by atoms with Crippen molar-refractivity contribution in [1.29, 1.82) is 0 Å². The van der Waals surface area contributed by atoms with Gasteiger partial charge in [0.15, 0.2) is 5.82 Å². The minimum Gasteiger partial charge on any atom is -0.380 e. The quantitative estimate of drug-likeness (QED) is 0.607. The zero-order valence-corrected chi connectivity index (χ0v) is 6.17. The number of anilines is 1. The topological polar surface area (TPSA) is 64.9 Å². The van der Waals surface area contributed by atoms with Crippen molar-refractivity contribution in [3.8, 4) is 0 Å². The SMILES string of the molecule is Nc1noc2nc(Cl)ccc12. The molecule has 0 aliphatic rings. The molecule has 0 bridgehead atoms. The van der Waals surface area contributed by atoms with E-state index in [4.69, 9.17) is 21.9 Å². The second kappa shape index (κ2) is 2.10. The average Bonchev–Trinajstić information content (AvgIpc) is 2.32. The van der Waals surface area contributed by atoms with E-state index in [1.807, 2.05) is 0 Å². The first-order valence-electron chi connectivity index (χ1n) is 2.95. The summed E-state index contributed by atoms with van der Waals surface area (Å²) in [5.74, 6) is 0.337. The summed E-state index contributed by atoms with van der Waals surface area (Å²) in [6, 6.07) is 3.36. The lowest BCUT2D eigenvalue weighted by Gasteiger charge is -1.86. The highest BCUT2D eigenvalue weighted by Crippen LogP contribution is 2.19. The number of hydrogen-bond acceptors (Lipinski definition) is 4. The Morgan fingerprint density at radius 3 is 3.09 bits per heavy atom. The lowest BCUT2D eigenvalue weighted by Crippen LogP contribution is -1.83. The highest BCUT2D eigenvalue weighted by atomic mass is 35.5. The Bertz CT molecular complexity index is 398. The summed E-state index contributed by atoms with van der Waals surface area (Å²) in [5, 5.41) is 4.58. The molecule has 0 fully saturated rings. The van der Waals surface area contributed by atoms with Crippen LogP contribution in [0.3, 0.4) is 0 Å². The first-order chi connectivity index (χ1) is 5.27. The van der Waals surface area contributed by atoms with Crippen LogP contribution >= 0.6 is 11.6 Å². The van der Waals surface area contributed by atoms with Crippen LogP contribution in [-0.2, 0) is 0 Å². The first kappa shape index (κ1) is 6.42. The molecule has 0 aliphatic heterocycles. The molecule has 11 heavy (non-hydrogen) atoms. The van der Waals surface area contributed by atoms with E-state index < -0.39 is 0 Å². The van der Waals surface area contributed by atoms with Crippen LogP contribution in [0.15, 0.2) is 16.7 Å². The molecule has 5 heteroatoms. The second-order valence-electron chi connectivity index (χ2n) is 2.05. The van der Waals surface area contributed by atoms with Crippen LogP contribution in [0.4, 0.5) is 5.82 Å². The fourth-order valence-corrected chi connectivity index (χ4v) is 0.964. The van der Waals surface area contributed by atoms with Crippen molar-refractivity contribution in [2.75, 3.05) is 5.73 Å². The summed E-state index contributed by atoms with van der Waals surface area (Å²) < 4.78 is 4.76. The molecule has 0 amide bonds. The van der Waals surface area contributed by atoms with Crippen molar-refractivity contribution in [1.82, 2.24) is 10.1 Å². The molecule has 2 aromatic rings. The molecule has 0 aliphatic carbocycles. The molecule has 0 aromatic carbocycles. The number of nitrogens with zero attached hydrogens (tertiary/aromatic N) is 2. The van der Waals surface area contributed by atoms with Gasteiger partial charge in [-0.3, -0.25) is 0 Å². The van der Waals surface area contributed by atoms with Gasteiger partial charge in [0.1, 0.15) is 5.15 Å². The van der Waals surface area contributed by atoms with Crippen LogP contribution < -0.4 is 5.73 Å². The Hall–Kier alpha value is -1.29. The monoisotopic (exact) mass is 169 g/mol. The maximum atomic E-state index is 5.59. The lowest BCUT2D eigenvalue weighted by molar-refractivity contribution is 0.452. The molecule has 2 rings (SSSR count). The highest BCUT2D eigenvalue weighted by molar-refractivity contribution is 6.29. The predicted octanol–water partition coefficient (Wildman–Crippen LogP) is 1.46. The van der Waals surface area contributed by atoms with Crippen LogP contribution in [0.5, 0.6) is 0 Å². The van der Waals surface area contributed by atoms with Gasteiger partial charge in [-0.2, -0.15) is 4.98 Å². The molecule has 56 valence electrons. The zero-order chi connectivity index (χ0) is 7.84. The van der Waals surface area contributed by atoms with Gasteiger partial charge >= 0.3 is 0 Å². The number of nitrogens with two attached hydrogens (primary N) is 1. The normalized spacial score (nSPS) is 10.6. The molecule has 0 unspecified atom stereocenters. The minimum absolute atomic E-state index is 0.337. The van der Waals surface area contributed by atoms with Gasteiger partial charge in [-0.25, -0.2) is 0 Å². The van der Waals surface area contributed by atoms with Crippen molar-refractivity contribution in [3.05, 3.63) is 17.3 Å². The van der Waals surface area contributed by atoms with Crippen LogP contribution in [0, 0.1) is 0 Å². The number of hydrogen-bond donors (Lipinski definition) is 1. The van der Waals surface area contributed by atoms with E-state index >= 15 is 0 Å². The van der Waals surface area contributed by atoms with Gasteiger partial charge in [-0.05, 0) is 12.1 Å². The zero-order valence-electron chi connectivity index (χ0n) is 5.41. The summed E-state index contributed by atoms with van der Waals surface area (Å²) in [4.78, 5) is 3.85. The Morgan fingerprint density at radius 1 is 1.45 bits per heavy atom. The average molecular weight is 170 g/mol. The van der Waals surface area contributed by atoms with Crippen LogP contribution in [0.25, 0.3) is 11.1 Å². The fraction of sp³-hybridized carbons (Fsp3) is 0. The molecular weight excluding hydrogens is 166 g/mol. The van der Waals surface area contributed by atoms with E-state index in [1.165, 1.54) is 0 Å². The molecule has 2 aromatic heterocycles. The van der Waals surface area contributed by atoms with E-state index in [0.29, 0.717) is 22.1 Å². The number of pyridine rings is 1. The summed E-state index contributed by atoms with van der Waals surface area (Å²) in [6.07, 6.45) is 0. The Labute approximate surface area is 66.9 Å². The summed E-state index contributed by atoms with van der Waals surface area (Å²) >= 11 is 5.59. The number of fused-ring (bicyclic) bond motifs is 1. The van der Waals surface area contributed by atoms with E-state index in [2.05, 4.69) is 10.1 Å². The third kappa shape index (κ3) is 0.914. The van der Waals surface area contributed by atoms with Crippen molar-refractivity contribution < 1.29 is 4.52 Å². The maximum Gasteiger partial charge on any atom is 0.261 e. The summed E-state index contributed by atoms with van der Waals surface area (Å²) in [5.41, 5.74) is 5.81. The number of halogens is 1. The number of rotatable bonds is 0. The molecule has 0 spiro atoms. The largest absolute Gasteiger partial charge is 0.380 e. The van der Waals surface area contributed by atoms with Crippen LogP contribution in [-0.4, -0.2) is 10.1 Å². The summed E-state index contributed by atoms with van der Waals surface area (Å²) in [6.45, 7) is 0. The lowest BCUT2D eigenvalue weighted by atomic mass is 10.3. The van der Waals surface area contributed by atoms with E-state index in [1.54, 1.807) is 12.1 Å². The standard InChI is InChI=1S/C6H4ClN3O/c7-4-2-1-3-5(8)10-11-6(3)9-4/h1-2H,(H2,8,10). The molecule has 2 heterocycles. The van der Waals surface area contributed by atoms with Crippen molar-refractivity contribution in [3.63, 3.8) is 0 Å². The number of nitrogen functional groups attached to an aromatic ring is 1. The van der Waals surface area contributed by atoms with Gasteiger partial charge in [0.25, 0.3) is 5.71 Å². The molecule has 2 N–H and O–H groups in total. The third-order valence-electron chi connectivity index (χ3n) is 1.33. The first-order valence-corrected chi connectivity index (χ1v) is 3.32. The fourth-order valence-electron chi connectivity index (χ4n) is 0.824. The number of aromatic nitrogens is 2. The van der Waals surface area contributed by atoms with E-state index in [0.717, 1.165) is 0 Å². The molecular formula is C6H4ClN3O. The second-order valence-corrected chi connectivity index (χ2v) is 2.44. The van der Waals surface area contributed by atoms with E-state index in [9.17, 15) is 0 Å². The van der Waals surface area contributed by atoms with Crippen LogP contribution in [0.2, 0.25) is 5.15 Å². The molecule has 0 radical (unpaired) electrons.